The van der Waals surface area contributed by atoms with Gasteiger partial charge in [-0.1, -0.05) is 79.2 Å². The summed E-state index contributed by atoms with van der Waals surface area (Å²) in [6.45, 7) is 20.3. The zero-order valence-corrected chi connectivity index (χ0v) is 34.2. The number of benzene rings is 1. The standard InChI is InChI=1S/C40H66N6O7/c1-14-26(6)37(44(12)40(50)35(24(2)3)42-39(49)36(25(4)5)43(10)11)33(53-13)23-34(47)45-20-19-27(7)32(45)21-28(8)38(48)41-29(9)22-30-15-17-31(18-16-30)46(51)52/h15-18,24-26,28-29,32-33,35-37H,7,14,19-23H2,1-6,8-13H3,(H,41,48)(H,42,49)/t26-,28+,29?,32+,33+,35-,36-,37-/m0/s1. The molecule has 1 fully saturated rings. The van der Waals surface area contributed by atoms with Crippen molar-refractivity contribution in [2.75, 3.05) is 34.8 Å². The van der Waals surface area contributed by atoms with Crippen LogP contribution >= 0.6 is 0 Å². The lowest BCUT2D eigenvalue weighted by molar-refractivity contribution is -0.384. The smallest absolute Gasteiger partial charge is 0.269 e. The van der Waals surface area contributed by atoms with Crippen molar-refractivity contribution in [1.82, 2.24) is 25.3 Å². The molecule has 1 unspecified atom stereocenters. The van der Waals surface area contributed by atoms with E-state index in [0.29, 0.717) is 25.8 Å². The number of ether oxygens (including phenoxy) is 1. The van der Waals surface area contributed by atoms with Crippen LogP contribution in [0.25, 0.3) is 0 Å². The molecule has 2 rings (SSSR count). The van der Waals surface area contributed by atoms with Crippen LogP contribution in [-0.2, 0) is 30.3 Å². The number of methoxy groups -OCH3 is 1. The van der Waals surface area contributed by atoms with Gasteiger partial charge in [0.05, 0.1) is 35.6 Å². The summed E-state index contributed by atoms with van der Waals surface area (Å²) in [4.78, 5) is 70.7. The molecule has 2 N–H and O–H groups in total. The van der Waals surface area contributed by atoms with E-state index in [4.69, 9.17) is 4.74 Å². The number of nitrogens with one attached hydrogen (secondary N) is 2. The van der Waals surface area contributed by atoms with Gasteiger partial charge in [-0.25, -0.2) is 0 Å². The summed E-state index contributed by atoms with van der Waals surface area (Å²) >= 11 is 0. The van der Waals surface area contributed by atoms with E-state index in [-0.39, 0.29) is 65.6 Å². The van der Waals surface area contributed by atoms with Crippen LogP contribution in [0.3, 0.4) is 0 Å². The summed E-state index contributed by atoms with van der Waals surface area (Å²) in [7, 11) is 6.99. The predicted octanol–water partition coefficient (Wildman–Crippen LogP) is 4.83. The summed E-state index contributed by atoms with van der Waals surface area (Å²) in [6.07, 6.45) is 1.72. The molecule has 1 heterocycles. The number of amides is 4. The van der Waals surface area contributed by atoms with Crippen molar-refractivity contribution in [2.45, 2.75) is 124 Å². The molecule has 1 saturated heterocycles. The Labute approximate surface area is 317 Å². The third-order valence-corrected chi connectivity index (χ3v) is 10.7. The largest absolute Gasteiger partial charge is 0.379 e. The molecule has 0 radical (unpaired) electrons. The van der Waals surface area contributed by atoms with Gasteiger partial charge < -0.3 is 25.2 Å². The Morgan fingerprint density at radius 2 is 1.58 bits per heavy atom. The fourth-order valence-electron chi connectivity index (χ4n) is 7.51. The average Bonchev–Trinajstić information content (AvgIpc) is 3.44. The highest BCUT2D eigenvalue weighted by atomic mass is 16.6. The first-order valence-corrected chi connectivity index (χ1v) is 19.0. The van der Waals surface area contributed by atoms with Gasteiger partial charge in [0.2, 0.25) is 23.6 Å². The van der Waals surface area contributed by atoms with Gasteiger partial charge in [-0.3, -0.25) is 34.2 Å². The van der Waals surface area contributed by atoms with Gasteiger partial charge in [0, 0.05) is 44.8 Å². The number of likely N-dealkylation sites (tertiary alicyclic amines) is 1. The number of carbonyl (C=O) groups is 4. The quantitative estimate of drug-likeness (QED) is 0.109. The van der Waals surface area contributed by atoms with Crippen molar-refractivity contribution in [1.29, 1.82) is 0 Å². The van der Waals surface area contributed by atoms with E-state index in [0.717, 1.165) is 17.6 Å². The monoisotopic (exact) mass is 742 g/mol. The highest BCUT2D eigenvalue weighted by Crippen LogP contribution is 2.30. The van der Waals surface area contributed by atoms with Crippen LogP contribution in [0.5, 0.6) is 0 Å². The van der Waals surface area contributed by atoms with Gasteiger partial charge in [0.25, 0.3) is 5.69 Å². The second kappa shape index (κ2) is 20.6. The fraction of sp³-hybridized carbons (Fsp3) is 0.700. The number of nitro benzene ring substituents is 1. The maximum Gasteiger partial charge on any atom is 0.269 e. The Morgan fingerprint density at radius 3 is 2.08 bits per heavy atom. The van der Waals surface area contributed by atoms with Crippen molar-refractivity contribution >= 4 is 29.3 Å². The van der Waals surface area contributed by atoms with Crippen LogP contribution in [0, 0.1) is 33.8 Å². The molecule has 13 heteroatoms. The average molecular weight is 743 g/mol. The summed E-state index contributed by atoms with van der Waals surface area (Å²) in [5, 5.41) is 17.1. The minimum absolute atomic E-state index is 0.0170. The molecule has 4 amide bonds. The molecular formula is C40H66N6O7. The highest BCUT2D eigenvalue weighted by Gasteiger charge is 2.41. The molecule has 13 nitrogen and oxygen atoms in total. The molecular weight excluding hydrogens is 676 g/mol. The lowest BCUT2D eigenvalue weighted by Crippen LogP contribution is -2.59. The maximum atomic E-state index is 14.2. The molecule has 1 aromatic carbocycles. The SMILES string of the molecule is C=C1CCN(C(=O)C[C@@H](OC)[C@H]([C@@H](C)CC)N(C)C(=O)[C@@H](NC(=O)[C@H](C(C)C)N(C)C)C(C)C)[C@@H]1C[C@@H](C)C(=O)NC(C)Cc1ccc([N+](=O)[O-])cc1. The topological polar surface area (TPSA) is 154 Å². The Kier molecular flexibility index (Phi) is 17.6. The maximum absolute atomic E-state index is 14.2. The minimum atomic E-state index is -0.760. The zero-order chi connectivity index (χ0) is 40.3. The van der Waals surface area contributed by atoms with E-state index in [2.05, 4.69) is 17.2 Å². The number of hydrogen-bond donors (Lipinski definition) is 2. The van der Waals surface area contributed by atoms with Gasteiger partial charge in [0.1, 0.15) is 6.04 Å². The number of rotatable bonds is 20. The Balaban J connectivity index is 2.18. The van der Waals surface area contributed by atoms with E-state index in [1.165, 1.54) is 12.1 Å². The van der Waals surface area contributed by atoms with Crippen molar-refractivity contribution in [2.24, 2.45) is 23.7 Å². The minimum Gasteiger partial charge on any atom is -0.379 e. The number of hydrogen-bond acceptors (Lipinski definition) is 8. The Morgan fingerprint density at radius 1 is 0.981 bits per heavy atom. The Bertz CT molecular complexity index is 1410. The molecule has 298 valence electrons. The van der Waals surface area contributed by atoms with Crippen molar-refractivity contribution in [3.63, 3.8) is 0 Å². The van der Waals surface area contributed by atoms with Crippen LogP contribution in [0.15, 0.2) is 36.4 Å². The third-order valence-electron chi connectivity index (χ3n) is 10.7. The number of non-ortho nitro benzene ring substituents is 1. The van der Waals surface area contributed by atoms with Gasteiger partial charge in [-0.2, -0.15) is 0 Å². The number of nitro groups is 1. The molecule has 0 aliphatic carbocycles. The molecule has 1 aromatic rings. The molecule has 1 aliphatic rings. The van der Waals surface area contributed by atoms with Gasteiger partial charge in [-0.05, 0) is 63.6 Å². The van der Waals surface area contributed by atoms with Gasteiger partial charge in [0.15, 0.2) is 0 Å². The van der Waals surface area contributed by atoms with E-state index >= 15 is 0 Å². The summed E-state index contributed by atoms with van der Waals surface area (Å²) in [6, 6.07) is 4.17. The Hall–Kier alpha value is -3.84. The normalized spacial score (nSPS) is 18.7. The van der Waals surface area contributed by atoms with Gasteiger partial charge >= 0.3 is 0 Å². The molecule has 0 spiro atoms. The van der Waals surface area contributed by atoms with E-state index in [9.17, 15) is 29.3 Å². The molecule has 0 aromatic heterocycles. The lowest BCUT2D eigenvalue weighted by Gasteiger charge is -2.40. The zero-order valence-electron chi connectivity index (χ0n) is 34.2. The van der Waals surface area contributed by atoms with Crippen molar-refractivity contribution in [3.05, 3.63) is 52.1 Å². The first kappa shape index (κ1) is 45.3. The number of nitrogens with zero attached hydrogens (tertiary/aromatic N) is 4. The van der Waals surface area contributed by atoms with Crippen LogP contribution < -0.4 is 10.6 Å². The van der Waals surface area contributed by atoms with Gasteiger partial charge in [-0.15, -0.1) is 0 Å². The summed E-state index contributed by atoms with van der Waals surface area (Å²) in [5.74, 6) is -1.27. The van der Waals surface area contributed by atoms with Crippen molar-refractivity contribution in [3.8, 4) is 0 Å². The van der Waals surface area contributed by atoms with Crippen molar-refractivity contribution < 1.29 is 28.8 Å². The molecule has 0 bridgehead atoms. The molecule has 8 atom stereocenters. The first-order chi connectivity index (χ1) is 24.7. The first-order valence-electron chi connectivity index (χ1n) is 19.0. The molecule has 1 aliphatic heterocycles. The molecule has 0 saturated carbocycles. The van der Waals surface area contributed by atoms with Crippen LogP contribution in [-0.4, -0.2) is 114 Å². The molecule has 53 heavy (non-hydrogen) atoms. The highest BCUT2D eigenvalue weighted by molar-refractivity contribution is 5.90. The van der Waals surface area contributed by atoms with E-state index in [1.807, 2.05) is 74.4 Å². The third kappa shape index (κ3) is 12.3. The fourth-order valence-corrected chi connectivity index (χ4v) is 7.51. The van der Waals surface area contributed by atoms with Crippen LogP contribution in [0.1, 0.15) is 86.6 Å². The predicted molar refractivity (Wildman–Crippen MR) is 208 cm³/mol. The summed E-state index contributed by atoms with van der Waals surface area (Å²) in [5.41, 5.74) is 1.79. The van der Waals surface area contributed by atoms with Crippen LogP contribution in [0.4, 0.5) is 5.69 Å². The lowest BCUT2D eigenvalue weighted by atomic mass is 9.89. The van der Waals surface area contributed by atoms with E-state index in [1.54, 1.807) is 36.1 Å². The van der Waals surface area contributed by atoms with E-state index < -0.39 is 35.1 Å². The number of likely N-dealkylation sites (N-methyl/N-ethyl adjacent to an activating group) is 2. The second-order valence-electron chi connectivity index (χ2n) is 15.9. The van der Waals surface area contributed by atoms with Crippen LogP contribution in [0.2, 0.25) is 0 Å². The second-order valence-corrected chi connectivity index (χ2v) is 15.9. The summed E-state index contributed by atoms with van der Waals surface area (Å²) < 4.78 is 6.00. The number of carbonyl (C=O) groups excluding carboxylic acids is 4.